The molecule has 1 atom stereocenters. The minimum absolute atomic E-state index is 0.226. The van der Waals surface area contributed by atoms with E-state index in [0.29, 0.717) is 5.92 Å². The normalized spacial score (nSPS) is 15.0. The molecule has 0 aliphatic rings. The largest absolute Gasteiger partial charge is 0.368 e. The van der Waals surface area contributed by atoms with Gasteiger partial charge in [0.1, 0.15) is 10.6 Å². The lowest BCUT2D eigenvalue weighted by Gasteiger charge is -2.25. The molecule has 3 nitrogen and oxygen atoms in total. The Labute approximate surface area is 115 Å². The van der Waals surface area contributed by atoms with Crippen molar-refractivity contribution >= 4 is 11.3 Å². The summed E-state index contributed by atoms with van der Waals surface area (Å²) in [7, 11) is 0. The fraction of sp³-hybridized carbons (Fsp3) is 0.786. The summed E-state index contributed by atoms with van der Waals surface area (Å²) in [6.07, 6.45) is 0.952. The molecule has 1 rings (SSSR count). The highest BCUT2D eigenvalue weighted by molar-refractivity contribution is 7.09. The number of hydrogen-bond acceptors (Lipinski definition) is 4. The molecule has 104 valence electrons. The molecule has 1 aromatic heterocycles. The predicted octanol–water partition coefficient (Wildman–Crippen LogP) is 3.55. The van der Waals surface area contributed by atoms with Gasteiger partial charge in [0.2, 0.25) is 0 Å². The van der Waals surface area contributed by atoms with E-state index in [1.807, 2.05) is 6.92 Å². The third-order valence-electron chi connectivity index (χ3n) is 3.00. The van der Waals surface area contributed by atoms with E-state index in [9.17, 15) is 0 Å². The van der Waals surface area contributed by atoms with Crippen LogP contribution >= 0.6 is 11.3 Å². The summed E-state index contributed by atoms with van der Waals surface area (Å²) in [4.78, 5) is 4.70. The molecule has 0 aliphatic carbocycles. The Morgan fingerprint density at radius 3 is 2.72 bits per heavy atom. The summed E-state index contributed by atoms with van der Waals surface area (Å²) < 4.78 is 5.85. The molecule has 1 heterocycles. The van der Waals surface area contributed by atoms with Crippen LogP contribution in [0.2, 0.25) is 0 Å². The molecule has 0 radical (unpaired) electrons. The number of nitrogens with zero attached hydrogens (tertiary/aromatic N) is 1. The molecule has 0 saturated carbocycles. The van der Waals surface area contributed by atoms with Crippen LogP contribution in [0, 0.1) is 5.92 Å². The molecule has 0 spiro atoms. The third-order valence-corrected chi connectivity index (χ3v) is 4.14. The highest BCUT2D eigenvalue weighted by atomic mass is 32.1. The van der Waals surface area contributed by atoms with Gasteiger partial charge in [0.15, 0.2) is 0 Å². The monoisotopic (exact) mass is 270 g/mol. The van der Waals surface area contributed by atoms with Crippen molar-refractivity contribution in [3.05, 3.63) is 16.1 Å². The van der Waals surface area contributed by atoms with E-state index in [-0.39, 0.29) is 5.60 Å². The maximum atomic E-state index is 5.85. The maximum absolute atomic E-state index is 5.85. The fourth-order valence-corrected chi connectivity index (χ4v) is 2.76. The summed E-state index contributed by atoms with van der Waals surface area (Å²) in [5.74, 6) is 0.674. The second kappa shape index (κ2) is 7.22. The van der Waals surface area contributed by atoms with Crippen molar-refractivity contribution in [3.63, 3.8) is 0 Å². The Kier molecular flexibility index (Phi) is 6.26. The van der Waals surface area contributed by atoms with Crippen molar-refractivity contribution in [1.82, 2.24) is 10.3 Å². The standard InChI is InChI=1S/C14H26N2OS/c1-6-14(5,17-7-2)13-16-12(10-18-13)9-15-8-11(3)4/h10-11,15H,6-9H2,1-5H3. The smallest absolute Gasteiger partial charge is 0.125 e. The molecular weight excluding hydrogens is 244 g/mol. The topological polar surface area (TPSA) is 34.1 Å². The van der Waals surface area contributed by atoms with Crippen molar-refractivity contribution in [2.75, 3.05) is 13.2 Å². The van der Waals surface area contributed by atoms with Gasteiger partial charge in [-0.25, -0.2) is 4.98 Å². The first-order valence-corrected chi connectivity index (χ1v) is 7.69. The number of ether oxygens (including phenoxy) is 1. The molecule has 0 aliphatic heterocycles. The maximum Gasteiger partial charge on any atom is 0.125 e. The first-order valence-electron chi connectivity index (χ1n) is 6.81. The van der Waals surface area contributed by atoms with Crippen molar-refractivity contribution in [2.45, 2.75) is 53.2 Å². The molecule has 0 saturated heterocycles. The Hall–Kier alpha value is -0.450. The summed E-state index contributed by atoms with van der Waals surface area (Å²) >= 11 is 1.70. The van der Waals surface area contributed by atoms with Gasteiger partial charge in [-0.3, -0.25) is 0 Å². The highest BCUT2D eigenvalue weighted by Gasteiger charge is 2.28. The van der Waals surface area contributed by atoms with Crippen LogP contribution < -0.4 is 5.32 Å². The zero-order valence-electron chi connectivity index (χ0n) is 12.2. The van der Waals surface area contributed by atoms with E-state index in [0.717, 1.165) is 36.8 Å². The lowest BCUT2D eigenvalue weighted by atomic mass is 10.0. The first-order chi connectivity index (χ1) is 8.51. The van der Waals surface area contributed by atoms with E-state index in [4.69, 9.17) is 9.72 Å². The van der Waals surface area contributed by atoms with Crippen molar-refractivity contribution in [1.29, 1.82) is 0 Å². The molecule has 18 heavy (non-hydrogen) atoms. The van der Waals surface area contributed by atoms with Gasteiger partial charge in [0.25, 0.3) is 0 Å². The zero-order valence-corrected chi connectivity index (χ0v) is 13.1. The number of rotatable bonds is 8. The van der Waals surface area contributed by atoms with Gasteiger partial charge in [0.05, 0.1) is 5.69 Å². The Balaban J connectivity index is 2.61. The zero-order chi connectivity index (χ0) is 13.6. The van der Waals surface area contributed by atoms with Crippen LogP contribution in [-0.2, 0) is 16.9 Å². The summed E-state index contributed by atoms with van der Waals surface area (Å²) in [6.45, 7) is 13.3. The van der Waals surface area contributed by atoms with Crippen molar-refractivity contribution < 1.29 is 4.74 Å². The Morgan fingerprint density at radius 1 is 1.44 bits per heavy atom. The van der Waals surface area contributed by atoms with Crippen LogP contribution in [0.5, 0.6) is 0 Å². The first kappa shape index (κ1) is 15.6. The third kappa shape index (κ3) is 4.34. The fourth-order valence-electron chi connectivity index (χ4n) is 1.75. The molecule has 0 fully saturated rings. The molecule has 0 amide bonds. The summed E-state index contributed by atoms with van der Waals surface area (Å²) in [6, 6.07) is 0. The number of nitrogens with one attached hydrogen (secondary N) is 1. The number of aromatic nitrogens is 1. The van der Waals surface area contributed by atoms with E-state index in [1.54, 1.807) is 11.3 Å². The van der Waals surface area contributed by atoms with Crippen molar-refractivity contribution in [3.8, 4) is 0 Å². The van der Waals surface area contributed by atoms with Gasteiger partial charge in [-0.15, -0.1) is 11.3 Å². The van der Waals surface area contributed by atoms with Crippen LogP contribution in [0.4, 0.5) is 0 Å². The van der Waals surface area contributed by atoms with Gasteiger partial charge in [-0.1, -0.05) is 20.8 Å². The van der Waals surface area contributed by atoms with E-state index < -0.39 is 0 Å². The minimum Gasteiger partial charge on any atom is -0.368 e. The molecule has 1 N–H and O–H groups in total. The molecule has 1 unspecified atom stereocenters. The molecule has 1 aromatic rings. The number of thiazole rings is 1. The number of hydrogen-bond donors (Lipinski definition) is 1. The Bertz CT molecular complexity index is 351. The van der Waals surface area contributed by atoms with Gasteiger partial charge in [-0.05, 0) is 32.7 Å². The van der Waals surface area contributed by atoms with Gasteiger partial charge in [-0.2, -0.15) is 0 Å². The van der Waals surface area contributed by atoms with E-state index in [1.165, 1.54) is 0 Å². The van der Waals surface area contributed by atoms with Gasteiger partial charge in [0, 0.05) is 18.5 Å². The minimum atomic E-state index is -0.226. The average molecular weight is 270 g/mol. The van der Waals surface area contributed by atoms with Gasteiger partial charge >= 0.3 is 0 Å². The van der Waals surface area contributed by atoms with Crippen LogP contribution in [0.1, 0.15) is 51.7 Å². The van der Waals surface area contributed by atoms with E-state index in [2.05, 4.69) is 38.4 Å². The van der Waals surface area contributed by atoms with Crippen LogP contribution in [-0.4, -0.2) is 18.1 Å². The lowest BCUT2D eigenvalue weighted by molar-refractivity contribution is -0.0325. The highest BCUT2D eigenvalue weighted by Crippen LogP contribution is 2.31. The predicted molar refractivity (Wildman–Crippen MR) is 77.9 cm³/mol. The summed E-state index contributed by atoms with van der Waals surface area (Å²) in [5, 5.41) is 6.64. The SMILES string of the molecule is CCOC(C)(CC)c1nc(CNCC(C)C)cs1. The van der Waals surface area contributed by atoms with Crippen LogP contribution in [0.3, 0.4) is 0 Å². The molecular formula is C14H26N2OS. The van der Waals surface area contributed by atoms with Crippen LogP contribution in [0.25, 0.3) is 0 Å². The quantitative estimate of drug-likeness (QED) is 0.784. The van der Waals surface area contributed by atoms with Gasteiger partial charge < -0.3 is 10.1 Å². The Morgan fingerprint density at radius 2 is 2.17 bits per heavy atom. The summed E-state index contributed by atoms with van der Waals surface area (Å²) in [5.41, 5.74) is 0.894. The lowest BCUT2D eigenvalue weighted by Crippen LogP contribution is -2.25. The molecule has 0 bridgehead atoms. The molecule has 0 aromatic carbocycles. The molecule has 4 heteroatoms. The second-order valence-electron chi connectivity index (χ2n) is 5.19. The second-order valence-corrected chi connectivity index (χ2v) is 6.04. The van der Waals surface area contributed by atoms with Crippen molar-refractivity contribution in [2.24, 2.45) is 5.92 Å². The van der Waals surface area contributed by atoms with Crippen LogP contribution in [0.15, 0.2) is 5.38 Å². The van der Waals surface area contributed by atoms with E-state index >= 15 is 0 Å². The average Bonchev–Trinajstić information content (AvgIpc) is 2.78.